The zero-order valence-electron chi connectivity index (χ0n) is 31.6. The molecule has 4 saturated carbocycles. The molecule has 2 amide bonds. The maximum Gasteiger partial charge on any atom is 0.322 e. The van der Waals surface area contributed by atoms with Crippen molar-refractivity contribution in [1.82, 2.24) is 10.6 Å². The van der Waals surface area contributed by atoms with Crippen LogP contribution in [0.25, 0.3) is 0 Å². The number of nitrogens with one attached hydrogen (secondary N) is 2. The van der Waals surface area contributed by atoms with Crippen molar-refractivity contribution in [1.29, 1.82) is 0 Å². The first-order valence-electron chi connectivity index (χ1n) is 18.9. The highest BCUT2D eigenvalue weighted by Crippen LogP contribution is 2.68. The van der Waals surface area contributed by atoms with Crippen LogP contribution < -0.4 is 16.4 Å². The van der Waals surface area contributed by atoms with Gasteiger partial charge in [-0.3, -0.25) is 24.0 Å². The summed E-state index contributed by atoms with van der Waals surface area (Å²) in [5.74, 6) is -4.26. The Morgan fingerprint density at radius 3 is 2.43 bits per heavy atom. The lowest BCUT2D eigenvalue weighted by molar-refractivity contribution is -0.174. The van der Waals surface area contributed by atoms with Crippen molar-refractivity contribution in [2.45, 2.75) is 122 Å². The first-order valence-corrected chi connectivity index (χ1v) is 17.8. The molecule has 0 radical (unpaired) electrons. The van der Waals surface area contributed by atoms with Crippen molar-refractivity contribution in [3.63, 3.8) is 0 Å². The number of nitrogens with two attached hydrogens (primary N) is 1. The van der Waals surface area contributed by atoms with Crippen molar-refractivity contribution in [3.8, 4) is 0 Å². The number of carboxylic acids is 2. The number of thioether (sulfide) groups is 1. The topological polar surface area (TPSA) is 216 Å². The predicted molar refractivity (Wildman–Crippen MR) is 176 cm³/mol. The first-order chi connectivity index (χ1) is 23.6. The third-order valence-electron chi connectivity index (χ3n) is 12.0. The minimum Gasteiger partial charge on any atom is -0.480 e. The second-order valence-corrected chi connectivity index (χ2v) is 15.8. The van der Waals surface area contributed by atoms with E-state index in [1.165, 1.54) is 0 Å². The van der Waals surface area contributed by atoms with Gasteiger partial charge in [-0.1, -0.05) is 32.5 Å². The van der Waals surface area contributed by atoms with Gasteiger partial charge in [0.1, 0.15) is 18.6 Å². The van der Waals surface area contributed by atoms with Crippen LogP contribution in [0, 0.1) is 46.3 Å². The average molecular weight is 686 g/mol. The molecular formula is C34H55N3O9S. The minimum absolute atomic E-state index is 0.0485. The number of carboxylic acid groups (broad SMARTS) is 2. The molecule has 0 aliphatic heterocycles. The van der Waals surface area contributed by atoms with Gasteiger partial charge in [-0.05, 0) is 110 Å². The van der Waals surface area contributed by atoms with Crippen LogP contribution in [0.15, 0.2) is 0 Å². The molecule has 0 saturated heterocycles. The molecular weight excluding hydrogens is 626 g/mol. The Morgan fingerprint density at radius 1 is 1.02 bits per heavy atom. The van der Waals surface area contributed by atoms with Crippen LogP contribution in [0.5, 0.6) is 0 Å². The molecule has 0 aromatic carbocycles. The number of amides is 2. The average Bonchev–Trinajstić information content (AvgIpc) is 3.41. The number of aliphatic hydroxyl groups excluding tert-OH is 2. The van der Waals surface area contributed by atoms with Gasteiger partial charge in [0.2, 0.25) is 11.8 Å². The molecule has 47 heavy (non-hydrogen) atoms. The fourth-order valence-electron chi connectivity index (χ4n) is 9.42. The molecule has 8 N–H and O–H groups in total. The van der Waals surface area contributed by atoms with E-state index in [0.29, 0.717) is 19.3 Å². The lowest BCUT2D eigenvalue weighted by Crippen LogP contribution is -2.58. The van der Waals surface area contributed by atoms with Crippen LogP contribution in [0.1, 0.15) is 103 Å². The standard InChI is InChI=1S/C34H55N3O9S/c1-18(4-11-30(43)47-17-26(31(44)36-16-29(41)42)37-28(40)10-9-25(35)32(45)46)22-7-8-23-21-6-5-19-14-20(38)12-13-33(19,2)24(21)15-27(39)34(22,23)3/h18-27,38-39H,4-17,35H2,1-3H3,(H,36,44)(H,37,40)(H,41,42)(H,45,46)/t18-,19-,20-,21+,22-,23+,24+,25+,26+,27+,33+,34-/m1/s1/i12D2,14D2. The number of rotatable bonds is 14. The Bertz CT molecular complexity index is 1360. The lowest BCUT2D eigenvalue weighted by Gasteiger charge is -2.62. The van der Waals surface area contributed by atoms with Gasteiger partial charge in [-0.15, -0.1) is 0 Å². The van der Waals surface area contributed by atoms with E-state index in [9.17, 15) is 34.2 Å². The second-order valence-electron chi connectivity index (χ2n) is 14.7. The monoisotopic (exact) mass is 685 g/mol. The Hall–Kier alpha value is -2.22. The molecule has 4 aliphatic rings. The van der Waals surface area contributed by atoms with Crippen molar-refractivity contribution < 1.29 is 49.9 Å². The zero-order chi connectivity index (χ0) is 38.3. The van der Waals surface area contributed by atoms with Crippen molar-refractivity contribution >= 4 is 40.6 Å². The van der Waals surface area contributed by atoms with Crippen molar-refractivity contribution in [2.24, 2.45) is 52.1 Å². The Kier molecular flexibility index (Phi) is 10.6. The summed E-state index contributed by atoms with van der Waals surface area (Å²) in [6.45, 7) is 5.48. The van der Waals surface area contributed by atoms with Gasteiger partial charge in [-0.25, -0.2) is 0 Å². The number of carbonyl (C=O) groups is 5. The SMILES string of the molecule is [2H]C1([2H])C[C@@]2(C)[C@H](CC[C@@H]3[C@@H]2C[C@H](O)[C@]2(C)[C@@H]([C@H](C)CCC(=O)SC[C@H](NC(=O)CC[C@H](N)C(=O)O)C(=O)NCC(=O)O)CC[C@@H]32)C([2H])([2H])[C@@H]1O. The van der Waals surface area contributed by atoms with E-state index in [4.69, 9.17) is 21.4 Å². The quantitative estimate of drug-likeness (QED) is 0.141. The largest absolute Gasteiger partial charge is 0.480 e. The molecule has 0 bridgehead atoms. The van der Waals surface area contributed by atoms with Gasteiger partial charge in [0.15, 0.2) is 5.12 Å². The Morgan fingerprint density at radius 2 is 1.74 bits per heavy atom. The highest BCUT2D eigenvalue weighted by Gasteiger charge is 2.63. The number of aliphatic hydroxyl groups is 2. The maximum absolute atomic E-state index is 13.1. The number of carbonyl (C=O) groups excluding carboxylic acids is 3. The van der Waals surface area contributed by atoms with Gasteiger partial charge in [-0.2, -0.15) is 0 Å². The van der Waals surface area contributed by atoms with E-state index in [1.807, 2.05) is 6.92 Å². The molecule has 266 valence electrons. The van der Waals surface area contributed by atoms with Crippen LogP contribution >= 0.6 is 11.8 Å². The van der Waals surface area contributed by atoms with E-state index in [-0.39, 0.29) is 66.1 Å². The minimum atomic E-state index is -2.08. The predicted octanol–water partition coefficient (Wildman–Crippen LogP) is 2.53. The van der Waals surface area contributed by atoms with Crippen LogP contribution in [0.3, 0.4) is 0 Å². The van der Waals surface area contributed by atoms with E-state index >= 15 is 0 Å². The lowest BCUT2D eigenvalue weighted by atomic mass is 9.43. The first kappa shape index (κ1) is 32.0. The number of fused-ring (bicyclic) bond motifs is 5. The summed E-state index contributed by atoms with van der Waals surface area (Å²) in [5, 5.41) is 44.8. The smallest absolute Gasteiger partial charge is 0.322 e. The summed E-state index contributed by atoms with van der Waals surface area (Å²) in [7, 11) is 0. The van der Waals surface area contributed by atoms with Crippen LogP contribution in [-0.4, -0.2) is 85.9 Å². The maximum atomic E-state index is 13.1. The number of hydrogen-bond donors (Lipinski definition) is 7. The van der Waals surface area contributed by atoms with Gasteiger partial charge < -0.3 is 36.8 Å². The number of hydrogen-bond acceptors (Lipinski definition) is 9. The summed E-state index contributed by atoms with van der Waals surface area (Å²) >= 11 is 0.841. The summed E-state index contributed by atoms with van der Waals surface area (Å²) in [5.41, 5.74) is 4.30. The van der Waals surface area contributed by atoms with Gasteiger partial charge >= 0.3 is 11.9 Å². The molecule has 0 spiro atoms. The summed E-state index contributed by atoms with van der Waals surface area (Å²) in [4.78, 5) is 60.1. The molecule has 0 heterocycles. The molecule has 12 nitrogen and oxygen atoms in total. The second kappa shape index (κ2) is 15.6. The molecule has 4 aliphatic carbocycles. The zero-order valence-corrected chi connectivity index (χ0v) is 28.4. The normalized spacial score (nSPS) is 39.9. The highest BCUT2D eigenvalue weighted by molar-refractivity contribution is 8.13. The van der Waals surface area contributed by atoms with Crippen molar-refractivity contribution in [3.05, 3.63) is 0 Å². The van der Waals surface area contributed by atoms with E-state index in [0.717, 1.165) is 31.0 Å². The Balaban J connectivity index is 1.37. The summed E-state index contributed by atoms with van der Waals surface area (Å²) < 4.78 is 34.5. The van der Waals surface area contributed by atoms with Crippen LogP contribution in [0.2, 0.25) is 0 Å². The third-order valence-corrected chi connectivity index (χ3v) is 13.1. The molecule has 12 atom stereocenters. The fourth-order valence-corrected chi connectivity index (χ4v) is 10.3. The third kappa shape index (κ3) is 8.33. The molecule has 13 heteroatoms. The molecule has 0 unspecified atom stereocenters. The van der Waals surface area contributed by atoms with Crippen LogP contribution in [0.4, 0.5) is 0 Å². The Labute approximate surface area is 287 Å². The van der Waals surface area contributed by atoms with Crippen molar-refractivity contribution in [2.75, 3.05) is 12.3 Å². The van der Waals surface area contributed by atoms with Crippen LogP contribution in [-0.2, 0) is 24.0 Å². The van der Waals surface area contributed by atoms with E-state index in [2.05, 4.69) is 24.5 Å². The van der Waals surface area contributed by atoms with Gasteiger partial charge in [0.25, 0.3) is 0 Å². The fraction of sp³-hybridized carbons (Fsp3) is 0.853. The molecule has 0 aromatic heterocycles. The van der Waals surface area contributed by atoms with E-state index in [1.54, 1.807) is 0 Å². The highest BCUT2D eigenvalue weighted by atomic mass is 32.2. The summed E-state index contributed by atoms with van der Waals surface area (Å²) in [6, 6.07) is -2.51. The van der Waals surface area contributed by atoms with E-state index < -0.39 is 84.1 Å². The molecule has 4 rings (SSSR count). The summed E-state index contributed by atoms with van der Waals surface area (Å²) in [6.07, 6.45) is -2.80. The molecule has 4 fully saturated rings. The molecule has 0 aromatic rings. The number of aliphatic carboxylic acids is 2. The van der Waals surface area contributed by atoms with Gasteiger partial charge in [0.05, 0.1) is 12.2 Å². The van der Waals surface area contributed by atoms with Gasteiger partial charge in [0, 0.05) is 24.1 Å².